The number of alkyl halides is 5. The van der Waals surface area contributed by atoms with Gasteiger partial charge in [-0.05, 0) is 6.08 Å². The fourth-order valence-electron chi connectivity index (χ4n) is 0.432. The minimum atomic E-state index is -3.99. The van der Waals surface area contributed by atoms with Crippen LogP contribution in [0.5, 0.6) is 0 Å². The second-order valence-electron chi connectivity index (χ2n) is 1.95. The van der Waals surface area contributed by atoms with Crippen LogP contribution in [-0.4, -0.2) is 24.9 Å². The Kier molecular flexibility index (Phi) is 3.48. The first kappa shape index (κ1) is 10.4. The van der Waals surface area contributed by atoms with E-state index in [0.29, 0.717) is 0 Å². The van der Waals surface area contributed by atoms with Gasteiger partial charge < -0.3 is 0 Å². The highest BCUT2D eigenvalue weighted by Crippen LogP contribution is 2.26. The Labute approximate surface area is 60.7 Å². The lowest BCUT2D eigenvalue weighted by atomic mass is 10.1. The smallest absolute Gasteiger partial charge is 0.248 e. The number of allylic oxidation sites excluding steroid dienone is 1. The van der Waals surface area contributed by atoms with Gasteiger partial charge >= 0.3 is 0 Å². The van der Waals surface area contributed by atoms with E-state index in [1.807, 2.05) is 0 Å². The van der Waals surface area contributed by atoms with Gasteiger partial charge in [0.15, 0.2) is 6.17 Å². The van der Waals surface area contributed by atoms with E-state index < -0.39 is 24.9 Å². The van der Waals surface area contributed by atoms with E-state index in [2.05, 4.69) is 6.58 Å². The van der Waals surface area contributed by atoms with Crippen LogP contribution in [0.25, 0.3) is 0 Å². The van der Waals surface area contributed by atoms with Crippen molar-refractivity contribution < 1.29 is 22.0 Å². The summed E-state index contributed by atoms with van der Waals surface area (Å²) in [6.45, 7) is 0.832. The molecular formula is C6H7F5. The molecule has 0 aromatic carbocycles. The molecule has 2 unspecified atom stereocenters. The number of hydrogen-bond acceptors (Lipinski definition) is 0. The molecule has 0 bridgehead atoms. The summed E-state index contributed by atoms with van der Waals surface area (Å²) in [7, 11) is 0. The van der Waals surface area contributed by atoms with Gasteiger partial charge in [0.1, 0.15) is 6.67 Å². The van der Waals surface area contributed by atoms with Crippen molar-refractivity contribution >= 4 is 0 Å². The Morgan fingerprint density at radius 3 is 2.09 bits per heavy atom. The van der Waals surface area contributed by atoms with Crippen LogP contribution in [-0.2, 0) is 0 Å². The molecule has 0 nitrogen and oxygen atoms in total. The zero-order valence-corrected chi connectivity index (χ0v) is 5.54. The van der Waals surface area contributed by atoms with E-state index in [1.54, 1.807) is 0 Å². The van der Waals surface area contributed by atoms with Gasteiger partial charge in [0.2, 0.25) is 6.17 Å². The van der Waals surface area contributed by atoms with Gasteiger partial charge in [0.25, 0.3) is 5.92 Å². The molecule has 0 aliphatic carbocycles. The molecule has 0 aromatic heterocycles. The predicted octanol–water partition coefficient (Wildman–Crippen LogP) is 2.45. The van der Waals surface area contributed by atoms with Crippen LogP contribution in [0.1, 0.15) is 0 Å². The molecule has 0 amide bonds. The van der Waals surface area contributed by atoms with Gasteiger partial charge in [-0.15, -0.1) is 0 Å². The van der Waals surface area contributed by atoms with E-state index in [1.165, 1.54) is 0 Å². The summed E-state index contributed by atoms with van der Waals surface area (Å²) in [5.74, 6) is -3.99. The Morgan fingerprint density at radius 1 is 1.36 bits per heavy atom. The predicted molar refractivity (Wildman–Crippen MR) is 30.9 cm³/mol. The third kappa shape index (κ3) is 2.48. The molecule has 0 saturated heterocycles. The average Bonchev–Trinajstić information content (AvgIpc) is 2.01. The third-order valence-electron chi connectivity index (χ3n) is 1.10. The molecule has 11 heavy (non-hydrogen) atoms. The van der Waals surface area contributed by atoms with Crippen LogP contribution in [0.2, 0.25) is 0 Å². The molecule has 66 valence electrons. The lowest BCUT2D eigenvalue weighted by Crippen LogP contribution is -2.36. The second kappa shape index (κ2) is 3.69. The maximum atomic E-state index is 12.1. The van der Waals surface area contributed by atoms with Crippen molar-refractivity contribution in [1.29, 1.82) is 0 Å². The minimum absolute atomic E-state index is 0.0418. The zero-order chi connectivity index (χ0) is 9.07. The summed E-state index contributed by atoms with van der Waals surface area (Å²) < 4.78 is 59.6. The van der Waals surface area contributed by atoms with Gasteiger partial charge in [-0.2, -0.15) is 8.78 Å². The summed E-state index contributed by atoms with van der Waals surface area (Å²) in [6.07, 6.45) is -5.98. The van der Waals surface area contributed by atoms with E-state index >= 15 is 0 Å². The summed E-state index contributed by atoms with van der Waals surface area (Å²) in [4.78, 5) is 0. The molecule has 2 atom stereocenters. The van der Waals surface area contributed by atoms with Crippen molar-refractivity contribution in [2.24, 2.45) is 0 Å². The minimum Gasteiger partial charge on any atom is -0.248 e. The Bertz CT molecular complexity index is 133. The van der Waals surface area contributed by atoms with Crippen LogP contribution in [0.3, 0.4) is 0 Å². The molecule has 0 rings (SSSR count). The maximum absolute atomic E-state index is 12.1. The van der Waals surface area contributed by atoms with Gasteiger partial charge in [0.05, 0.1) is 0 Å². The molecule has 0 fully saturated rings. The topological polar surface area (TPSA) is 0 Å². The van der Waals surface area contributed by atoms with Crippen LogP contribution >= 0.6 is 0 Å². The van der Waals surface area contributed by atoms with Crippen molar-refractivity contribution in [3.63, 3.8) is 0 Å². The van der Waals surface area contributed by atoms with E-state index in [4.69, 9.17) is 0 Å². The number of halogens is 5. The van der Waals surface area contributed by atoms with Crippen LogP contribution in [0.15, 0.2) is 12.7 Å². The molecule has 5 heteroatoms. The van der Waals surface area contributed by atoms with Gasteiger partial charge in [-0.1, -0.05) is 6.58 Å². The summed E-state index contributed by atoms with van der Waals surface area (Å²) in [6, 6.07) is 0. The fourth-order valence-corrected chi connectivity index (χ4v) is 0.432. The van der Waals surface area contributed by atoms with Gasteiger partial charge in [-0.25, -0.2) is 13.2 Å². The Morgan fingerprint density at radius 2 is 1.82 bits per heavy atom. The third-order valence-corrected chi connectivity index (χ3v) is 1.10. The molecule has 0 heterocycles. The second-order valence-corrected chi connectivity index (χ2v) is 1.95. The largest absolute Gasteiger partial charge is 0.299 e. The molecular weight excluding hydrogens is 167 g/mol. The summed E-state index contributed by atoms with van der Waals surface area (Å²) in [5.41, 5.74) is 0. The van der Waals surface area contributed by atoms with E-state index in [9.17, 15) is 22.0 Å². The lowest BCUT2D eigenvalue weighted by Gasteiger charge is -2.17. The highest BCUT2D eigenvalue weighted by Gasteiger charge is 2.42. The first-order valence-electron chi connectivity index (χ1n) is 2.81. The average molecular weight is 174 g/mol. The fraction of sp³-hybridized carbons (Fsp3) is 0.667. The molecule has 0 aromatic rings. The van der Waals surface area contributed by atoms with E-state index in [0.717, 1.165) is 0 Å². The van der Waals surface area contributed by atoms with Gasteiger partial charge in [0, 0.05) is 0 Å². The van der Waals surface area contributed by atoms with Crippen molar-refractivity contribution in [3.8, 4) is 0 Å². The van der Waals surface area contributed by atoms with Crippen LogP contribution in [0, 0.1) is 0 Å². The number of hydrogen-bond donors (Lipinski definition) is 0. The molecule has 0 saturated carbocycles. The quantitative estimate of drug-likeness (QED) is 0.453. The van der Waals surface area contributed by atoms with Crippen molar-refractivity contribution in [3.05, 3.63) is 12.7 Å². The Hall–Kier alpha value is -0.610. The standard InChI is InChI=1S/C6H7F5/c1-2-6(10,11)5(9)4(8)3-7/h2,4-5H,1,3H2. The zero-order valence-electron chi connectivity index (χ0n) is 5.54. The first-order valence-corrected chi connectivity index (χ1v) is 2.81. The Balaban J connectivity index is 4.21. The summed E-state index contributed by atoms with van der Waals surface area (Å²) in [5, 5.41) is 0. The molecule has 0 N–H and O–H groups in total. The van der Waals surface area contributed by atoms with E-state index in [-0.39, 0.29) is 6.08 Å². The molecule has 0 aliphatic rings. The van der Waals surface area contributed by atoms with Crippen LogP contribution in [0.4, 0.5) is 22.0 Å². The normalized spacial score (nSPS) is 17.5. The molecule has 0 spiro atoms. The molecule has 0 aliphatic heterocycles. The van der Waals surface area contributed by atoms with Crippen LogP contribution < -0.4 is 0 Å². The summed E-state index contributed by atoms with van der Waals surface area (Å²) >= 11 is 0. The molecule has 0 radical (unpaired) electrons. The van der Waals surface area contributed by atoms with Crippen molar-refractivity contribution in [2.45, 2.75) is 18.3 Å². The van der Waals surface area contributed by atoms with Crippen molar-refractivity contribution in [1.82, 2.24) is 0 Å². The SMILES string of the molecule is C=CC(F)(F)C(F)C(F)CF. The first-order chi connectivity index (χ1) is 4.95. The highest BCUT2D eigenvalue weighted by molar-refractivity contribution is 4.96. The maximum Gasteiger partial charge on any atom is 0.299 e. The highest BCUT2D eigenvalue weighted by atomic mass is 19.3. The lowest BCUT2D eigenvalue weighted by molar-refractivity contribution is -0.0643. The number of rotatable bonds is 4. The van der Waals surface area contributed by atoms with Gasteiger partial charge in [-0.3, -0.25) is 0 Å². The van der Waals surface area contributed by atoms with Crippen molar-refractivity contribution in [2.75, 3.05) is 6.67 Å². The monoisotopic (exact) mass is 174 g/mol.